The number of nitro groups is 1. The number of rotatable bonds is 2. The van der Waals surface area contributed by atoms with Gasteiger partial charge in [-0.25, -0.2) is 13.8 Å². The highest BCUT2D eigenvalue weighted by Gasteiger charge is 2.21. The summed E-state index contributed by atoms with van der Waals surface area (Å²) in [7, 11) is 0. The normalized spacial score (nSPS) is 10.6. The molecule has 1 aromatic rings. The average molecular weight is 203 g/mol. The standard InChI is InChI=1S/C7H7F2N3O2/c1-3-5(10)4(12(13)14)2-11-6(3)7(8)9/h2,7H,1H3,(H2,10,11). The molecule has 0 radical (unpaired) electrons. The lowest BCUT2D eigenvalue weighted by Gasteiger charge is -2.06. The molecular formula is C7H7F2N3O2. The molecule has 0 saturated carbocycles. The molecule has 0 bridgehead atoms. The molecule has 0 amide bonds. The van der Waals surface area contributed by atoms with Gasteiger partial charge >= 0.3 is 5.69 Å². The van der Waals surface area contributed by atoms with E-state index >= 15 is 0 Å². The number of nitrogens with zero attached hydrogens (tertiary/aromatic N) is 2. The minimum Gasteiger partial charge on any atom is -0.393 e. The van der Waals surface area contributed by atoms with Crippen molar-refractivity contribution in [2.24, 2.45) is 0 Å². The number of halogens is 2. The van der Waals surface area contributed by atoms with Crippen molar-refractivity contribution in [2.45, 2.75) is 13.3 Å². The van der Waals surface area contributed by atoms with Crippen LogP contribution in [-0.2, 0) is 0 Å². The van der Waals surface area contributed by atoms with E-state index in [1.807, 2.05) is 0 Å². The molecule has 0 aliphatic carbocycles. The van der Waals surface area contributed by atoms with E-state index in [-0.39, 0.29) is 11.3 Å². The second-order valence-electron chi connectivity index (χ2n) is 2.63. The minimum atomic E-state index is -2.78. The number of hydrogen-bond donors (Lipinski definition) is 1. The highest BCUT2D eigenvalue weighted by atomic mass is 19.3. The predicted octanol–water partition coefficient (Wildman–Crippen LogP) is 1.82. The van der Waals surface area contributed by atoms with Crippen LogP contribution in [0.1, 0.15) is 17.7 Å². The second kappa shape index (κ2) is 3.52. The first-order valence-corrected chi connectivity index (χ1v) is 3.62. The van der Waals surface area contributed by atoms with Crippen LogP contribution in [0.25, 0.3) is 0 Å². The fourth-order valence-corrected chi connectivity index (χ4v) is 0.993. The van der Waals surface area contributed by atoms with Crippen LogP contribution in [0.4, 0.5) is 20.2 Å². The Kier molecular flexibility index (Phi) is 2.59. The Hall–Kier alpha value is -1.79. The van der Waals surface area contributed by atoms with Gasteiger partial charge in [-0.15, -0.1) is 0 Å². The summed E-state index contributed by atoms with van der Waals surface area (Å²) in [4.78, 5) is 12.9. The summed E-state index contributed by atoms with van der Waals surface area (Å²) >= 11 is 0. The topological polar surface area (TPSA) is 82.0 Å². The van der Waals surface area contributed by atoms with Crippen molar-refractivity contribution >= 4 is 11.4 Å². The summed E-state index contributed by atoms with van der Waals surface area (Å²) in [6, 6.07) is 0. The smallest absolute Gasteiger partial charge is 0.310 e. The Morgan fingerprint density at radius 2 is 2.21 bits per heavy atom. The van der Waals surface area contributed by atoms with Gasteiger partial charge in [-0.1, -0.05) is 0 Å². The van der Waals surface area contributed by atoms with Crippen LogP contribution in [0, 0.1) is 17.0 Å². The molecular weight excluding hydrogens is 196 g/mol. The largest absolute Gasteiger partial charge is 0.393 e. The fraction of sp³-hybridized carbons (Fsp3) is 0.286. The van der Waals surface area contributed by atoms with Crippen LogP contribution in [0.3, 0.4) is 0 Å². The Balaban J connectivity index is 3.33. The van der Waals surface area contributed by atoms with Gasteiger partial charge in [0, 0.05) is 5.56 Å². The summed E-state index contributed by atoms with van der Waals surface area (Å²) in [5.41, 5.74) is 4.02. The SMILES string of the molecule is Cc1c(C(F)F)ncc([N+](=O)[O-])c1N. The molecule has 76 valence electrons. The molecule has 0 spiro atoms. The highest BCUT2D eigenvalue weighted by molar-refractivity contribution is 5.62. The molecule has 14 heavy (non-hydrogen) atoms. The van der Waals surface area contributed by atoms with Crippen molar-refractivity contribution in [3.63, 3.8) is 0 Å². The van der Waals surface area contributed by atoms with Gasteiger partial charge in [0.25, 0.3) is 6.43 Å². The van der Waals surface area contributed by atoms with E-state index in [4.69, 9.17) is 5.73 Å². The van der Waals surface area contributed by atoms with Crippen molar-refractivity contribution in [2.75, 3.05) is 5.73 Å². The maximum atomic E-state index is 12.3. The lowest BCUT2D eigenvalue weighted by molar-refractivity contribution is -0.384. The van der Waals surface area contributed by atoms with Crippen molar-refractivity contribution in [3.05, 3.63) is 27.6 Å². The first-order valence-electron chi connectivity index (χ1n) is 3.62. The number of aromatic nitrogens is 1. The summed E-state index contributed by atoms with van der Waals surface area (Å²) in [5.74, 6) is 0. The molecule has 2 N–H and O–H groups in total. The van der Waals surface area contributed by atoms with E-state index in [0.717, 1.165) is 6.20 Å². The molecule has 0 unspecified atom stereocenters. The molecule has 1 aromatic heterocycles. The lowest BCUT2D eigenvalue weighted by Crippen LogP contribution is -2.04. The van der Waals surface area contributed by atoms with Crippen LogP contribution in [-0.4, -0.2) is 9.91 Å². The van der Waals surface area contributed by atoms with E-state index in [9.17, 15) is 18.9 Å². The molecule has 7 heteroatoms. The van der Waals surface area contributed by atoms with E-state index in [0.29, 0.717) is 0 Å². The maximum Gasteiger partial charge on any atom is 0.310 e. The van der Waals surface area contributed by atoms with Crippen LogP contribution in [0.15, 0.2) is 6.20 Å². The molecule has 0 atom stereocenters. The van der Waals surface area contributed by atoms with Gasteiger partial charge in [0.15, 0.2) is 0 Å². The zero-order chi connectivity index (χ0) is 10.9. The van der Waals surface area contributed by atoms with Crippen LogP contribution < -0.4 is 5.73 Å². The first-order chi connectivity index (χ1) is 6.45. The Bertz CT molecular complexity index is 381. The molecule has 0 saturated heterocycles. The number of pyridine rings is 1. The van der Waals surface area contributed by atoms with Crippen LogP contribution >= 0.6 is 0 Å². The van der Waals surface area contributed by atoms with Crippen molar-refractivity contribution in [1.82, 2.24) is 4.98 Å². The minimum absolute atomic E-state index is 0.0470. The molecule has 0 aliphatic heterocycles. The Morgan fingerprint density at radius 1 is 1.64 bits per heavy atom. The summed E-state index contributed by atoms with van der Waals surface area (Å²) in [5, 5.41) is 10.4. The Morgan fingerprint density at radius 3 is 2.64 bits per heavy atom. The third-order valence-corrected chi connectivity index (χ3v) is 1.79. The van der Waals surface area contributed by atoms with E-state index < -0.39 is 22.7 Å². The Labute approximate surface area is 77.7 Å². The number of hydrogen-bond acceptors (Lipinski definition) is 4. The number of nitrogens with two attached hydrogens (primary N) is 1. The van der Waals surface area contributed by atoms with E-state index in [2.05, 4.69) is 4.98 Å². The second-order valence-corrected chi connectivity index (χ2v) is 2.63. The number of anilines is 1. The number of alkyl halides is 2. The quantitative estimate of drug-likeness (QED) is 0.587. The summed E-state index contributed by atoms with van der Waals surface area (Å²) < 4.78 is 24.5. The van der Waals surface area contributed by atoms with E-state index in [1.54, 1.807) is 0 Å². The van der Waals surface area contributed by atoms with Gasteiger partial charge in [0.1, 0.15) is 17.6 Å². The maximum absolute atomic E-state index is 12.3. The fourth-order valence-electron chi connectivity index (χ4n) is 0.993. The summed E-state index contributed by atoms with van der Waals surface area (Å²) in [6.45, 7) is 1.27. The predicted molar refractivity (Wildman–Crippen MR) is 45.0 cm³/mol. The van der Waals surface area contributed by atoms with Gasteiger partial charge in [0.2, 0.25) is 0 Å². The van der Waals surface area contributed by atoms with Crippen LogP contribution in [0.5, 0.6) is 0 Å². The van der Waals surface area contributed by atoms with Crippen molar-refractivity contribution in [1.29, 1.82) is 0 Å². The summed E-state index contributed by atoms with van der Waals surface area (Å²) in [6.07, 6.45) is -2.04. The number of nitrogen functional groups attached to an aromatic ring is 1. The zero-order valence-corrected chi connectivity index (χ0v) is 7.20. The van der Waals surface area contributed by atoms with Gasteiger partial charge in [0.05, 0.1) is 4.92 Å². The molecule has 0 fully saturated rings. The van der Waals surface area contributed by atoms with E-state index in [1.165, 1.54) is 6.92 Å². The zero-order valence-electron chi connectivity index (χ0n) is 7.20. The van der Waals surface area contributed by atoms with Gasteiger partial charge in [-0.3, -0.25) is 10.1 Å². The lowest BCUT2D eigenvalue weighted by atomic mass is 10.1. The first kappa shape index (κ1) is 10.3. The molecule has 0 aromatic carbocycles. The third-order valence-electron chi connectivity index (χ3n) is 1.79. The molecule has 1 rings (SSSR count). The molecule has 1 heterocycles. The monoisotopic (exact) mass is 203 g/mol. The highest BCUT2D eigenvalue weighted by Crippen LogP contribution is 2.30. The molecule has 5 nitrogen and oxygen atoms in total. The van der Waals surface area contributed by atoms with Crippen LogP contribution in [0.2, 0.25) is 0 Å². The van der Waals surface area contributed by atoms with Gasteiger partial charge < -0.3 is 5.73 Å². The van der Waals surface area contributed by atoms with Crippen molar-refractivity contribution in [3.8, 4) is 0 Å². The third kappa shape index (κ3) is 1.61. The molecule has 0 aliphatic rings. The van der Waals surface area contributed by atoms with Gasteiger partial charge in [-0.05, 0) is 6.92 Å². The average Bonchev–Trinajstić information content (AvgIpc) is 2.08. The van der Waals surface area contributed by atoms with Gasteiger partial charge in [-0.2, -0.15) is 0 Å². The van der Waals surface area contributed by atoms with Crippen molar-refractivity contribution < 1.29 is 13.7 Å².